The molecule has 2 aromatic carbocycles. The van der Waals surface area contributed by atoms with Gasteiger partial charge < -0.3 is 20.3 Å². The van der Waals surface area contributed by atoms with Gasteiger partial charge in [0.05, 0.1) is 7.11 Å². The van der Waals surface area contributed by atoms with E-state index in [1.54, 1.807) is 31.4 Å². The Bertz CT molecular complexity index is 829. The molecule has 0 aromatic heterocycles. The number of carbonyl (C=O) groups excluding carboxylic acids is 2. The molecule has 0 heterocycles. The monoisotopic (exact) mass is 383 g/mol. The zero-order chi connectivity index (χ0) is 20.8. The summed E-state index contributed by atoms with van der Waals surface area (Å²) in [5.41, 5.74) is 3.33. The van der Waals surface area contributed by atoms with Gasteiger partial charge in [-0.3, -0.25) is 9.59 Å². The lowest BCUT2D eigenvalue weighted by atomic mass is 10.0. The van der Waals surface area contributed by atoms with Gasteiger partial charge in [0, 0.05) is 31.0 Å². The van der Waals surface area contributed by atoms with Crippen LogP contribution >= 0.6 is 0 Å². The minimum absolute atomic E-state index is 0.0654. The van der Waals surface area contributed by atoms with E-state index in [0.717, 1.165) is 11.3 Å². The van der Waals surface area contributed by atoms with E-state index in [4.69, 9.17) is 4.74 Å². The van der Waals surface area contributed by atoms with Gasteiger partial charge in [0.2, 0.25) is 5.91 Å². The third-order valence-electron chi connectivity index (χ3n) is 4.53. The van der Waals surface area contributed by atoms with Crippen molar-refractivity contribution in [3.05, 3.63) is 53.6 Å². The predicted molar refractivity (Wildman–Crippen MR) is 113 cm³/mol. The average Bonchev–Trinajstić information content (AvgIpc) is 2.65. The SMILES string of the molecule is COc1ccc(C(=O)NC(C(=O)Nc2ccc(N(C)C)c(C)c2)C(C)C)cc1. The van der Waals surface area contributed by atoms with Gasteiger partial charge in [0.15, 0.2) is 0 Å². The van der Waals surface area contributed by atoms with Crippen molar-refractivity contribution in [1.29, 1.82) is 0 Å². The molecular formula is C22H29N3O3. The molecule has 0 aliphatic heterocycles. The fraction of sp³-hybridized carbons (Fsp3) is 0.364. The largest absolute Gasteiger partial charge is 0.497 e. The van der Waals surface area contributed by atoms with Gasteiger partial charge in [-0.1, -0.05) is 13.8 Å². The number of benzene rings is 2. The van der Waals surface area contributed by atoms with Crippen LogP contribution in [0.4, 0.5) is 11.4 Å². The normalized spacial score (nSPS) is 11.7. The molecule has 0 radical (unpaired) electrons. The topological polar surface area (TPSA) is 70.7 Å². The Balaban J connectivity index is 2.11. The van der Waals surface area contributed by atoms with Gasteiger partial charge >= 0.3 is 0 Å². The lowest BCUT2D eigenvalue weighted by Gasteiger charge is -2.22. The fourth-order valence-electron chi connectivity index (χ4n) is 2.96. The van der Waals surface area contributed by atoms with Crippen LogP contribution < -0.4 is 20.3 Å². The molecule has 2 amide bonds. The second-order valence-corrected chi connectivity index (χ2v) is 7.31. The van der Waals surface area contributed by atoms with Crippen molar-refractivity contribution in [2.45, 2.75) is 26.8 Å². The third kappa shape index (κ3) is 5.25. The van der Waals surface area contributed by atoms with Crippen LogP contribution in [-0.2, 0) is 4.79 Å². The fourth-order valence-corrected chi connectivity index (χ4v) is 2.96. The van der Waals surface area contributed by atoms with Crippen molar-refractivity contribution < 1.29 is 14.3 Å². The summed E-state index contributed by atoms with van der Waals surface area (Å²) < 4.78 is 5.11. The highest BCUT2D eigenvalue weighted by molar-refractivity contribution is 6.01. The lowest BCUT2D eigenvalue weighted by molar-refractivity contribution is -0.118. The first-order valence-electron chi connectivity index (χ1n) is 9.26. The Morgan fingerprint density at radius 3 is 2.18 bits per heavy atom. The summed E-state index contributed by atoms with van der Waals surface area (Å²) in [6, 6.07) is 11.9. The van der Waals surface area contributed by atoms with Crippen molar-refractivity contribution in [3.63, 3.8) is 0 Å². The second-order valence-electron chi connectivity index (χ2n) is 7.31. The molecule has 2 aromatic rings. The molecular weight excluding hydrogens is 354 g/mol. The molecule has 6 heteroatoms. The minimum atomic E-state index is -0.650. The molecule has 0 aliphatic rings. The summed E-state index contributed by atoms with van der Waals surface area (Å²) in [6.07, 6.45) is 0. The molecule has 0 bridgehead atoms. The molecule has 28 heavy (non-hydrogen) atoms. The molecule has 2 rings (SSSR count). The molecule has 150 valence electrons. The van der Waals surface area contributed by atoms with E-state index < -0.39 is 6.04 Å². The van der Waals surface area contributed by atoms with E-state index in [1.165, 1.54) is 0 Å². The van der Waals surface area contributed by atoms with Crippen LogP contribution in [0.3, 0.4) is 0 Å². The van der Waals surface area contributed by atoms with Gasteiger partial charge in [-0.05, 0) is 60.9 Å². The lowest BCUT2D eigenvalue weighted by Crippen LogP contribution is -2.47. The Hall–Kier alpha value is -3.02. The molecule has 0 saturated carbocycles. The van der Waals surface area contributed by atoms with E-state index in [0.29, 0.717) is 17.0 Å². The minimum Gasteiger partial charge on any atom is -0.497 e. The number of nitrogens with zero attached hydrogens (tertiary/aromatic N) is 1. The summed E-state index contributed by atoms with van der Waals surface area (Å²) in [7, 11) is 5.52. The average molecular weight is 383 g/mol. The molecule has 0 aliphatic carbocycles. The van der Waals surface area contributed by atoms with Crippen LogP contribution in [0.25, 0.3) is 0 Å². The van der Waals surface area contributed by atoms with Crippen LogP contribution in [0.5, 0.6) is 5.75 Å². The molecule has 1 unspecified atom stereocenters. The Labute approximate surface area is 166 Å². The number of nitrogens with one attached hydrogen (secondary N) is 2. The smallest absolute Gasteiger partial charge is 0.251 e. The maximum Gasteiger partial charge on any atom is 0.251 e. The standard InChI is InChI=1S/C22H29N3O3/c1-14(2)20(24-21(26)16-7-10-18(28-6)11-8-16)22(27)23-17-9-12-19(25(4)5)15(3)13-17/h7-14,20H,1-6H3,(H,23,27)(H,24,26). The van der Waals surface area contributed by atoms with Crippen LogP contribution in [-0.4, -0.2) is 39.1 Å². The summed E-state index contributed by atoms with van der Waals surface area (Å²) in [4.78, 5) is 27.4. The number of methoxy groups -OCH3 is 1. The van der Waals surface area contributed by atoms with Gasteiger partial charge in [-0.15, -0.1) is 0 Å². The van der Waals surface area contributed by atoms with Crippen molar-refractivity contribution in [1.82, 2.24) is 5.32 Å². The molecule has 0 saturated heterocycles. The zero-order valence-electron chi connectivity index (χ0n) is 17.4. The summed E-state index contributed by atoms with van der Waals surface area (Å²) in [5, 5.41) is 5.75. The van der Waals surface area contributed by atoms with Gasteiger partial charge in [-0.25, -0.2) is 0 Å². The van der Waals surface area contributed by atoms with E-state index >= 15 is 0 Å². The van der Waals surface area contributed by atoms with Crippen LogP contribution in [0.15, 0.2) is 42.5 Å². The first kappa shape index (κ1) is 21.3. The number of hydrogen-bond donors (Lipinski definition) is 2. The van der Waals surface area contributed by atoms with Crippen molar-refractivity contribution in [2.24, 2.45) is 5.92 Å². The van der Waals surface area contributed by atoms with Crippen molar-refractivity contribution in [3.8, 4) is 5.75 Å². The Kier molecular flexibility index (Phi) is 7.04. The highest BCUT2D eigenvalue weighted by atomic mass is 16.5. The number of anilines is 2. The number of amides is 2. The number of aryl methyl sites for hydroxylation is 1. The molecule has 0 spiro atoms. The molecule has 1 atom stereocenters. The maximum absolute atomic E-state index is 12.8. The summed E-state index contributed by atoms with van der Waals surface area (Å²) in [6.45, 7) is 5.80. The quantitative estimate of drug-likeness (QED) is 0.768. The predicted octanol–water partition coefficient (Wildman–Crippen LogP) is 3.46. The van der Waals surface area contributed by atoms with Crippen LogP contribution in [0.1, 0.15) is 29.8 Å². The maximum atomic E-state index is 12.8. The van der Waals surface area contributed by atoms with Gasteiger partial charge in [0.1, 0.15) is 11.8 Å². The summed E-state index contributed by atoms with van der Waals surface area (Å²) in [5.74, 6) is 0.0695. The second kappa shape index (κ2) is 9.26. The van der Waals surface area contributed by atoms with E-state index in [9.17, 15) is 9.59 Å². The number of hydrogen-bond acceptors (Lipinski definition) is 4. The van der Waals surface area contributed by atoms with Gasteiger partial charge in [0.25, 0.3) is 5.91 Å². The van der Waals surface area contributed by atoms with E-state index in [1.807, 2.05) is 58.0 Å². The highest BCUT2D eigenvalue weighted by Crippen LogP contribution is 2.22. The van der Waals surface area contributed by atoms with Crippen LogP contribution in [0.2, 0.25) is 0 Å². The van der Waals surface area contributed by atoms with E-state index in [2.05, 4.69) is 10.6 Å². The first-order chi connectivity index (χ1) is 13.2. The number of ether oxygens (including phenoxy) is 1. The van der Waals surface area contributed by atoms with Crippen LogP contribution in [0, 0.1) is 12.8 Å². The van der Waals surface area contributed by atoms with Gasteiger partial charge in [-0.2, -0.15) is 0 Å². The van der Waals surface area contributed by atoms with E-state index in [-0.39, 0.29) is 17.7 Å². The van der Waals surface area contributed by atoms with Crippen molar-refractivity contribution >= 4 is 23.2 Å². The number of rotatable bonds is 7. The highest BCUT2D eigenvalue weighted by Gasteiger charge is 2.25. The molecule has 2 N–H and O–H groups in total. The third-order valence-corrected chi connectivity index (χ3v) is 4.53. The first-order valence-corrected chi connectivity index (χ1v) is 9.26. The Morgan fingerprint density at radius 1 is 1.04 bits per heavy atom. The number of carbonyl (C=O) groups is 2. The van der Waals surface area contributed by atoms with Crippen molar-refractivity contribution in [2.75, 3.05) is 31.4 Å². The molecule has 6 nitrogen and oxygen atoms in total. The zero-order valence-corrected chi connectivity index (χ0v) is 17.4. The molecule has 0 fully saturated rings. The summed E-state index contributed by atoms with van der Waals surface area (Å²) >= 11 is 0. The Morgan fingerprint density at radius 2 is 1.68 bits per heavy atom.